The molecule has 1 aliphatic rings. The van der Waals surface area contributed by atoms with Gasteiger partial charge in [0.05, 0.1) is 5.69 Å². The van der Waals surface area contributed by atoms with E-state index in [4.69, 9.17) is 0 Å². The summed E-state index contributed by atoms with van der Waals surface area (Å²) in [4.78, 5) is 4.75. The summed E-state index contributed by atoms with van der Waals surface area (Å²) in [6.45, 7) is 6.93. The zero-order valence-corrected chi connectivity index (χ0v) is 33.1. The molecular formula is C56H44N2. The summed E-state index contributed by atoms with van der Waals surface area (Å²) in [7, 11) is 0. The molecule has 0 radical (unpaired) electrons. The van der Waals surface area contributed by atoms with E-state index >= 15 is 0 Å². The topological polar surface area (TPSA) is 6.48 Å². The number of hydrogen-bond acceptors (Lipinski definition) is 2. The van der Waals surface area contributed by atoms with Gasteiger partial charge in [-0.15, -0.1) is 0 Å². The molecule has 2 heteroatoms. The molecule has 0 spiro atoms. The standard InChI is InChI=1S/C56H44N2/c1-39-15-14-21-46(35-39)58(55-37-42-16-10-11-22-48(42)49-23-12-13-24-52(49)55)47-32-34-51-50-33-29-41(36-53(50)56(2,3)54(51)38-47)26-25-40-27-30-45(31-28-40)57(43-17-6-4-7-18-43)44-19-8-5-9-20-44/h4-38H,1-3H3/b26-25+. The van der Waals surface area contributed by atoms with Gasteiger partial charge in [-0.05, 0) is 129 Å². The molecule has 10 rings (SSSR count). The van der Waals surface area contributed by atoms with E-state index in [1.807, 2.05) is 0 Å². The Bertz CT molecular complexity index is 2940. The van der Waals surface area contributed by atoms with Crippen LogP contribution in [0.3, 0.4) is 0 Å². The molecule has 278 valence electrons. The lowest BCUT2D eigenvalue weighted by Crippen LogP contribution is -2.17. The molecule has 0 aromatic heterocycles. The highest BCUT2D eigenvalue weighted by atomic mass is 15.1. The van der Waals surface area contributed by atoms with E-state index < -0.39 is 0 Å². The van der Waals surface area contributed by atoms with Crippen molar-refractivity contribution in [3.8, 4) is 11.1 Å². The van der Waals surface area contributed by atoms with Crippen LogP contribution >= 0.6 is 0 Å². The minimum atomic E-state index is -0.186. The predicted molar refractivity (Wildman–Crippen MR) is 248 cm³/mol. The molecule has 0 N–H and O–H groups in total. The average molecular weight is 745 g/mol. The summed E-state index contributed by atoms with van der Waals surface area (Å²) < 4.78 is 0. The van der Waals surface area contributed by atoms with Gasteiger partial charge >= 0.3 is 0 Å². The number of benzene rings is 9. The van der Waals surface area contributed by atoms with Crippen LogP contribution < -0.4 is 9.80 Å². The molecule has 0 saturated heterocycles. The van der Waals surface area contributed by atoms with Gasteiger partial charge in [0.15, 0.2) is 0 Å². The van der Waals surface area contributed by atoms with Gasteiger partial charge < -0.3 is 9.80 Å². The number of para-hydroxylation sites is 2. The average Bonchev–Trinajstić information content (AvgIpc) is 3.49. The van der Waals surface area contributed by atoms with E-state index in [-0.39, 0.29) is 5.41 Å². The highest BCUT2D eigenvalue weighted by molar-refractivity contribution is 6.14. The van der Waals surface area contributed by atoms with Crippen molar-refractivity contribution in [2.45, 2.75) is 26.2 Å². The Morgan fingerprint density at radius 3 is 1.60 bits per heavy atom. The fraction of sp³-hybridized carbons (Fsp3) is 0.0714. The van der Waals surface area contributed by atoms with Crippen molar-refractivity contribution in [2.75, 3.05) is 9.80 Å². The highest BCUT2D eigenvalue weighted by Gasteiger charge is 2.36. The van der Waals surface area contributed by atoms with E-state index in [1.165, 1.54) is 60.6 Å². The maximum absolute atomic E-state index is 2.46. The van der Waals surface area contributed by atoms with E-state index in [0.717, 1.165) is 34.0 Å². The molecule has 0 aliphatic heterocycles. The summed E-state index contributed by atoms with van der Waals surface area (Å²) in [5.74, 6) is 0. The molecule has 0 unspecified atom stereocenters. The maximum atomic E-state index is 2.46. The molecule has 58 heavy (non-hydrogen) atoms. The smallest absolute Gasteiger partial charge is 0.0546 e. The fourth-order valence-corrected chi connectivity index (χ4v) is 8.93. The first-order chi connectivity index (χ1) is 28.4. The molecule has 0 bridgehead atoms. The van der Waals surface area contributed by atoms with Crippen LogP contribution in [-0.2, 0) is 5.41 Å². The zero-order valence-electron chi connectivity index (χ0n) is 33.1. The van der Waals surface area contributed by atoms with Gasteiger partial charge in [-0.1, -0.05) is 159 Å². The van der Waals surface area contributed by atoms with Gasteiger partial charge in [0.2, 0.25) is 0 Å². The molecule has 0 heterocycles. The zero-order chi connectivity index (χ0) is 39.2. The molecule has 0 saturated carbocycles. The number of anilines is 6. The van der Waals surface area contributed by atoms with Crippen molar-refractivity contribution in [1.29, 1.82) is 0 Å². The van der Waals surface area contributed by atoms with Crippen LogP contribution in [-0.4, -0.2) is 0 Å². The monoisotopic (exact) mass is 744 g/mol. The van der Waals surface area contributed by atoms with Gasteiger partial charge in [0, 0.05) is 39.2 Å². The van der Waals surface area contributed by atoms with Crippen molar-refractivity contribution in [3.63, 3.8) is 0 Å². The van der Waals surface area contributed by atoms with Crippen molar-refractivity contribution in [2.24, 2.45) is 0 Å². The Morgan fingerprint density at radius 1 is 0.379 bits per heavy atom. The number of fused-ring (bicyclic) bond motifs is 6. The third-order valence-electron chi connectivity index (χ3n) is 11.8. The molecule has 0 amide bonds. The van der Waals surface area contributed by atoms with Gasteiger partial charge in [0.1, 0.15) is 0 Å². The Hall–Kier alpha value is -7.16. The normalized spacial score (nSPS) is 12.8. The molecular weight excluding hydrogens is 701 g/mol. The lowest BCUT2D eigenvalue weighted by Gasteiger charge is -2.29. The van der Waals surface area contributed by atoms with Crippen molar-refractivity contribution in [3.05, 3.63) is 228 Å². The Labute approximate surface area is 341 Å². The molecule has 9 aromatic rings. The lowest BCUT2D eigenvalue weighted by molar-refractivity contribution is 0.660. The first kappa shape index (κ1) is 35.3. The van der Waals surface area contributed by atoms with Crippen LogP contribution in [0.2, 0.25) is 0 Å². The minimum absolute atomic E-state index is 0.186. The van der Waals surface area contributed by atoms with Crippen molar-refractivity contribution in [1.82, 2.24) is 0 Å². The van der Waals surface area contributed by atoms with E-state index in [0.29, 0.717) is 0 Å². The van der Waals surface area contributed by atoms with Gasteiger partial charge in [-0.25, -0.2) is 0 Å². The summed E-state index contributed by atoms with van der Waals surface area (Å²) in [6, 6.07) is 72.8. The highest BCUT2D eigenvalue weighted by Crippen LogP contribution is 2.52. The minimum Gasteiger partial charge on any atom is -0.311 e. The van der Waals surface area contributed by atoms with Gasteiger partial charge in [0.25, 0.3) is 0 Å². The lowest BCUT2D eigenvalue weighted by atomic mass is 9.81. The Balaban J connectivity index is 0.989. The maximum Gasteiger partial charge on any atom is 0.0546 e. The SMILES string of the molecule is Cc1cccc(N(c2ccc3c(c2)C(C)(C)c2cc(/C=C/c4ccc(N(c5ccccc5)c5ccccc5)cc4)ccc2-3)c2cc3ccccc3c3ccccc23)c1. The molecule has 9 aromatic carbocycles. The number of hydrogen-bond donors (Lipinski definition) is 0. The van der Waals surface area contributed by atoms with E-state index in [1.54, 1.807) is 0 Å². The Morgan fingerprint density at radius 2 is 0.897 bits per heavy atom. The van der Waals surface area contributed by atoms with E-state index in [9.17, 15) is 0 Å². The second kappa shape index (κ2) is 14.4. The number of aryl methyl sites for hydroxylation is 1. The van der Waals surface area contributed by atoms with Crippen LogP contribution in [0.25, 0.3) is 44.8 Å². The molecule has 2 nitrogen and oxygen atoms in total. The first-order valence-electron chi connectivity index (χ1n) is 20.2. The third kappa shape index (κ3) is 6.24. The van der Waals surface area contributed by atoms with Crippen molar-refractivity contribution >= 4 is 67.8 Å². The predicted octanol–water partition coefficient (Wildman–Crippen LogP) is 15.7. The quantitative estimate of drug-likeness (QED) is 0.113. The van der Waals surface area contributed by atoms with Gasteiger partial charge in [-0.3, -0.25) is 0 Å². The summed E-state index contributed by atoms with van der Waals surface area (Å²) in [6.07, 6.45) is 4.47. The molecule has 1 aliphatic carbocycles. The van der Waals surface area contributed by atoms with Crippen LogP contribution in [0.1, 0.15) is 41.7 Å². The number of rotatable bonds is 8. The van der Waals surface area contributed by atoms with Crippen LogP contribution in [0.4, 0.5) is 34.1 Å². The first-order valence-corrected chi connectivity index (χ1v) is 20.2. The van der Waals surface area contributed by atoms with Crippen molar-refractivity contribution < 1.29 is 0 Å². The second-order valence-corrected chi connectivity index (χ2v) is 15.9. The largest absolute Gasteiger partial charge is 0.311 e. The number of nitrogens with zero attached hydrogens (tertiary/aromatic N) is 2. The summed E-state index contributed by atoms with van der Waals surface area (Å²) in [5.41, 5.74) is 15.6. The Kier molecular flexibility index (Phi) is 8.76. The van der Waals surface area contributed by atoms with Crippen LogP contribution in [0.5, 0.6) is 0 Å². The summed E-state index contributed by atoms with van der Waals surface area (Å²) >= 11 is 0. The molecule has 0 atom stereocenters. The summed E-state index contributed by atoms with van der Waals surface area (Å²) in [5, 5.41) is 5.01. The van der Waals surface area contributed by atoms with Gasteiger partial charge in [-0.2, -0.15) is 0 Å². The van der Waals surface area contributed by atoms with Crippen LogP contribution in [0, 0.1) is 6.92 Å². The molecule has 0 fully saturated rings. The van der Waals surface area contributed by atoms with E-state index in [2.05, 4.69) is 243 Å². The fourth-order valence-electron chi connectivity index (χ4n) is 8.93. The van der Waals surface area contributed by atoms with Crippen LogP contribution in [0.15, 0.2) is 200 Å². The second-order valence-electron chi connectivity index (χ2n) is 15.9. The third-order valence-corrected chi connectivity index (χ3v) is 11.8.